The summed E-state index contributed by atoms with van der Waals surface area (Å²) in [6, 6.07) is 0.477. The fourth-order valence-electron chi connectivity index (χ4n) is 2.47. The molecule has 1 fully saturated rings. The molecule has 0 radical (unpaired) electrons. The lowest BCUT2D eigenvalue weighted by molar-refractivity contribution is 0.276. The Hall–Kier alpha value is -0.830. The van der Waals surface area contributed by atoms with Gasteiger partial charge in [-0.1, -0.05) is 25.4 Å². The van der Waals surface area contributed by atoms with Crippen LogP contribution in [0.2, 0.25) is 5.15 Å². The number of halogens is 1. The molecule has 0 bridgehead atoms. The minimum atomic E-state index is 0.466. The zero-order valence-electron chi connectivity index (χ0n) is 9.78. The van der Waals surface area contributed by atoms with Crippen LogP contribution in [0, 0.1) is 11.8 Å². The molecule has 0 spiro atoms. The smallest absolute Gasteiger partial charge is 0.171 e. The average molecular weight is 240 g/mol. The summed E-state index contributed by atoms with van der Waals surface area (Å²) in [6.45, 7) is 4.61. The van der Waals surface area contributed by atoms with Crippen molar-refractivity contribution in [2.75, 3.05) is 5.32 Å². The van der Waals surface area contributed by atoms with Gasteiger partial charge in [-0.3, -0.25) is 0 Å². The Morgan fingerprint density at radius 2 is 2.00 bits per heavy atom. The molecule has 0 saturated heterocycles. The predicted molar refractivity (Wildman–Crippen MR) is 66.6 cm³/mol. The van der Waals surface area contributed by atoms with Crippen LogP contribution in [0.3, 0.4) is 0 Å². The van der Waals surface area contributed by atoms with Crippen molar-refractivity contribution < 1.29 is 0 Å². The lowest BCUT2D eigenvalue weighted by atomic mass is 9.80. The Kier molecular flexibility index (Phi) is 3.64. The highest BCUT2D eigenvalue weighted by Gasteiger charge is 2.25. The summed E-state index contributed by atoms with van der Waals surface area (Å²) >= 11 is 5.98. The number of anilines is 1. The van der Waals surface area contributed by atoms with Gasteiger partial charge in [-0.05, 0) is 31.1 Å². The first-order valence-corrected chi connectivity index (χ1v) is 6.27. The third-order valence-corrected chi connectivity index (χ3v) is 3.68. The van der Waals surface area contributed by atoms with E-state index >= 15 is 0 Å². The van der Waals surface area contributed by atoms with Gasteiger partial charge in [-0.15, -0.1) is 0 Å². The Morgan fingerprint density at radius 1 is 1.25 bits per heavy atom. The third kappa shape index (κ3) is 2.64. The maximum atomic E-state index is 5.98. The van der Waals surface area contributed by atoms with Crippen LogP contribution >= 0.6 is 11.6 Å². The molecule has 1 aliphatic carbocycles. The van der Waals surface area contributed by atoms with Crippen LogP contribution in [-0.4, -0.2) is 16.0 Å². The molecule has 16 heavy (non-hydrogen) atoms. The van der Waals surface area contributed by atoms with Gasteiger partial charge in [0.25, 0.3) is 0 Å². The molecule has 3 unspecified atom stereocenters. The second-order valence-electron chi connectivity index (χ2n) is 4.84. The van der Waals surface area contributed by atoms with Crippen LogP contribution in [0.25, 0.3) is 0 Å². The Labute approximate surface area is 102 Å². The first-order valence-electron chi connectivity index (χ1n) is 5.90. The molecule has 88 valence electrons. The molecule has 2 rings (SSSR count). The van der Waals surface area contributed by atoms with Crippen LogP contribution in [0.1, 0.15) is 33.1 Å². The van der Waals surface area contributed by atoms with Crippen molar-refractivity contribution in [2.45, 2.75) is 39.2 Å². The van der Waals surface area contributed by atoms with E-state index in [1.807, 2.05) is 0 Å². The monoisotopic (exact) mass is 239 g/mol. The highest BCUT2D eigenvalue weighted by Crippen LogP contribution is 2.31. The second-order valence-corrected chi connectivity index (χ2v) is 5.20. The van der Waals surface area contributed by atoms with Gasteiger partial charge in [0.15, 0.2) is 11.0 Å². The van der Waals surface area contributed by atoms with Crippen molar-refractivity contribution in [1.82, 2.24) is 9.97 Å². The van der Waals surface area contributed by atoms with Gasteiger partial charge in [0.1, 0.15) is 0 Å². The molecule has 1 aromatic heterocycles. The Bertz CT molecular complexity index is 356. The third-order valence-electron chi connectivity index (χ3n) is 3.41. The van der Waals surface area contributed by atoms with Gasteiger partial charge in [-0.25, -0.2) is 9.97 Å². The van der Waals surface area contributed by atoms with Crippen LogP contribution in [0.4, 0.5) is 5.82 Å². The number of hydrogen-bond donors (Lipinski definition) is 1. The van der Waals surface area contributed by atoms with Gasteiger partial charge in [-0.2, -0.15) is 0 Å². The van der Waals surface area contributed by atoms with Crippen LogP contribution in [0.5, 0.6) is 0 Å². The summed E-state index contributed by atoms with van der Waals surface area (Å²) in [4.78, 5) is 8.25. The van der Waals surface area contributed by atoms with E-state index in [2.05, 4.69) is 29.1 Å². The highest BCUT2D eigenvalue weighted by atomic mass is 35.5. The van der Waals surface area contributed by atoms with Crippen LogP contribution < -0.4 is 5.32 Å². The molecule has 1 aliphatic rings. The highest BCUT2D eigenvalue weighted by molar-refractivity contribution is 6.31. The molecule has 1 saturated carbocycles. The van der Waals surface area contributed by atoms with Crippen molar-refractivity contribution in [3.8, 4) is 0 Å². The summed E-state index contributed by atoms with van der Waals surface area (Å²) in [7, 11) is 0. The van der Waals surface area contributed by atoms with Crippen LogP contribution in [-0.2, 0) is 0 Å². The fourth-order valence-corrected chi connectivity index (χ4v) is 2.63. The van der Waals surface area contributed by atoms with Crippen molar-refractivity contribution in [3.63, 3.8) is 0 Å². The molecule has 3 nitrogen and oxygen atoms in total. The molecule has 1 N–H and O–H groups in total. The van der Waals surface area contributed by atoms with E-state index in [1.165, 1.54) is 19.3 Å². The molecule has 3 atom stereocenters. The zero-order chi connectivity index (χ0) is 11.5. The summed E-state index contributed by atoms with van der Waals surface area (Å²) in [5.41, 5.74) is 0. The van der Waals surface area contributed by atoms with E-state index in [4.69, 9.17) is 11.6 Å². The predicted octanol–water partition coefficient (Wildman–Crippen LogP) is 3.37. The number of hydrogen-bond acceptors (Lipinski definition) is 3. The quantitative estimate of drug-likeness (QED) is 0.860. The molecule has 0 aliphatic heterocycles. The average Bonchev–Trinajstić information content (AvgIpc) is 2.25. The summed E-state index contributed by atoms with van der Waals surface area (Å²) < 4.78 is 0. The minimum Gasteiger partial charge on any atom is -0.365 e. The molecule has 0 amide bonds. The van der Waals surface area contributed by atoms with Crippen molar-refractivity contribution in [1.29, 1.82) is 0 Å². The second kappa shape index (κ2) is 5.00. The molecule has 1 aromatic rings. The van der Waals surface area contributed by atoms with Crippen molar-refractivity contribution >= 4 is 17.4 Å². The van der Waals surface area contributed by atoms with E-state index < -0.39 is 0 Å². The van der Waals surface area contributed by atoms with Gasteiger partial charge < -0.3 is 5.32 Å². The van der Waals surface area contributed by atoms with Crippen LogP contribution in [0.15, 0.2) is 12.4 Å². The van der Waals surface area contributed by atoms with E-state index in [0.717, 1.165) is 11.7 Å². The first-order chi connectivity index (χ1) is 7.66. The summed E-state index contributed by atoms with van der Waals surface area (Å²) in [5.74, 6) is 2.22. The van der Waals surface area contributed by atoms with E-state index in [1.54, 1.807) is 12.4 Å². The van der Waals surface area contributed by atoms with Crippen molar-refractivity contribution in [2.24, 2.45) is 11.8 Å². The number of nitrogens with zero attached hydrogens (tertiary/aromatic N) is 2. The van der Waals surface area contributed by atoms with Gasteiger partial charge in [0.2, 0.25) is 0 Å². The lowest BCUT2D eigenvalue weighted by Crippen LogP contribution is -2.33. The fraction of sp³-hybridized carbons (Fsp3) is 0.667. The van der Waals surface area contributed by atoms with Gasteiger partial charge in [0, 0.05) is 18.4 Å². The van der Waals surface area contributed by atoms with E-state index in [-0.39, 0.29) is 0 Å². The Balaban J connectivity index is 2.02. The maximum absolute atomic E-state index is 5.98. The summed E-state index contributed by atoms with van der Waals surface area (Å²) in [5, 5.41) is 3.88. The zero-order valence-corrected chi connectivity index (χ0v) is 10.5. The standard InChI is InChI=1S/C12H18ClN3/c1-8-3-4-10(9(2)7-8)16-12-11(13)14-5-6-15-12/h5-6,8-10H,3-4,7H2,1-2H3,(H,15,16). The molecule has 4 heteroatoms. The first kappa shape index (κ1) is 11.6. The number of aromatic nitrogens is 2. The van der Waals surface area contributed by atoms with E-state index in [9.17, 15) is 0 Å². The largest absolute Gasteiger partial charge is 0.365 e. The maximum Gasteiger partial charge on any atom is 0.171 e. The van der Waals surface area contributed by atoms with Crippen molar-refractivity contribution in [3.05, 3.63) is 17.5 Å². The Morgan fingerprint density at radius 3 is 2.69 bits per heavy atom. The SMILES string of the molecule is CC1CCC(Nc2nccnc2Cl)C(C)C1. The van der Waals surface area contributed by atoms with E-state index in [0.29, 0.717) is 17.1 Å². The lowest BCUT2D eigenvalue weighted by Gasteiger charge is -2.33. The number of rotatable bonds is 2. The summed E-state index contributed by atoms with van der Waals surface area (Å²) in [6.07, 6.45) is 7.02. The number of nitrogens with one attached hydrogen (secondary N) is 1. The normalized spacial score (nSPS) is 30.1. The molecule has 0 aromatic carbocycles. The molecular formula is C12H18ClN3. The molecule has 1 heterocycles. The van der Waals surface area contributed by atoms with Gasteiger partial charge >= 0.3 is 0 Å². The topological polar surface area (TPSA) is 37.8 Å². The minimum absolute atomic E-state index is 0.466. The molecular weight excluding hydrogens is 222 g/mol. The van der Waals surface area contributed by atoms with Gasteiger partial charge in [0.05, 0.1) is 0 Å².